The third-order valence-electron chi connectivity index (χ3n) is 1.93. The molecule has 6 heteroatoms. The number of aryl methyl sites for hydroxylation is 1. The quantitative estimate of drug-likeness (QED) is 0.888. The third kappa shape index (κ3) is 2.84. The SMILES string of the molecule is Cc1cccc(Cl)c1NS(=O)(=O)N(C)C. The Morgan fingerprint density at radius 1 is 1.33 bits per heavy atom. The highest BCUT2D eigenvalue weighted by Crippen LogP contribution is 2.26. The Morgan fingerprint density at radius 2 is 1.93 bits per heavy atom. The van der Waals surface area contributed by atoms with Gasteiger partial charge in [-0.1, -0.05) is 23.7 Å². The van der Waals surface area contributed by atoms with Gasteiger partial charge in [0, 0.05) is 14.1 Å². The fourth-order valence-electron chi connectivity index (χ4n) is 0.981. The average Bonchev–Trinajstić information content (AvgIpc) is 2.11. The summed E-state index contributed by atoms with van der Waals surface area (Å²) in [6.07, 6.45) is 0. The minimum atomic E-state index is -3.50. The van der Waals surface area contributed by atoms with Crippen molar-refractivity contribution in [1.29, 1.82) is 0 Å². The Labute approximate surface area is 95.0 Å². The summed E-state index contributed by atoms with van der Waals surface area (Å²) in [7, 11) is -0.592. The highest BCUT2D eigenvalue weighted by Gasteiger charge is 2.15. The molecule has 0 radical (unpaired) electrons. The Balaban J connectivity index is 3.11. The van der Waals surface area contributed by atoms with E-state index in [2.05, 4.69) is 4.72 Å². The second-order valence-electron chi connectivity index (χ2n) is 3.32. The standard InChI is InChI=1S/C9H13ClN2O2S/c1-7-5-4-6-8(10)9(7)11-15(13,14)12(2)3/h4-6,11H,1-3H3. The molecule has 0 saturated carbocycles. The van der Waals surface area contributed by atoms with Gasteiger partial charge in [0.15, 0.2) is 0 Å². The molecule has 0 aromatic heterocycles. The first kappa shape index (κ1) is 12.3. The predicted octanol–water partition coefficient (Wildman–Crippen LogP) is 1.87. The minimum Gasteiger partial charge on any atom is -0.269 e. The maximum atomic E-state index is 11.6. The number of nitrogens with one attached hydrogen (secondary N) is 1. The minimum absolute atomic E-state index is 0.389. The van der Waals surface area contributed by atoms with E-state index in [1.165, 1.54) is 14.1 Å². The number of nitrogens with zero attached hydrogens (tertiary/aromatic N) is 1. The molecule has 0 fully saturated rings. The molecule has 1 rings (SSSR count). The number of para-hydroxylation sites is 1. The van der Waals surface area contributed by atoms with E-state index < -0.39 is 10.2 Å². The average molecular weight is 249 g/mol. The van der Waals surface area contributed by atoms with Gasteiger partial charge in [0.05, 0.1) is 10.7 Å². The highest BCUT2D eigenvalue weighted by molar-refractivity contribution is 7.90. The molecule has 0 amide bonds. The molecule has 0 aliphatic heterocycles. The van der Waals surface area contributed by atoms with Crippen LogP contribution in [-0.4, -0.2) is 26.8 Å². The van der Waals surface area contributed by atoms with E-state index in [1.54, 1.807) is 25.1 Å². The van der Waals surface area contributed by atoms with Crippen LogP contribution in [0.15, 0.2) is 18.2 Å². The first-order valence-electron chi connectivity index (χ1n) is 4.30. The van der Waals surface area contributed by atoms with Gasteiger partial charge in [0.1, 0.15) is 0 Å². The molecule has 84 valence electrons. The van der Waals surface area contributed by atoms with Crippen molar-refractivity contribution in [3.05, 3.63) is 28.8 Å². The number of rotatable bonds is 3. The summed E-state index contributed by atoms with van der Waals surface area (Å²) in [5.74, 6) is 0. The van der Waals surface area contributed by atoms with E-state index in [1.807, 2.05) is 0 Å². The van der Waals surface area contributed by atoms with Gasteiger partial charge in [0.25, 0.3) is 0 Å². The topological polar surface area (TPSA) is 49.4 Å². The zero-order valence-corrected chi connectivity index (χ0v) is 10.4. The molecule has 1 aromatic carbocycles. The second kappa shape index (κ2) is 4.38. The van der Waals surface area contributed by atoms with Crippen LogP contribution in [0.25, 0.3) is 0 Å². The lowest BCUT2D eigenvalue weighted by Gasteiger charge is -2.15. The van der Waals surface area contributed by atoms with E-state index in [9.17, 15) is 8.42 Å². The van der Waals surface area contributed by atoms with Gasteiger partial charge >= 0.3 is 10.2 Å². The molecule has 1 N–H and O–H groups in total. The smallest absolute Gasteiger partial charge is 0.269 e. The van der Waals surface area contributed by atoms with E-state index in [4.69, 9.17) is 11.6 Å². The molecule has 1 aromatic rings. The van der Waals surface area contributed by atoms with Crippen molar-refractivity contribution in [2.24, 2.45) is 0 Å². The second-order valence-corrected chi connectivity index (χ2v) is 5.61. The summed E-state index contributed by atoms with van der Waals surface area (Å²) in [4.78, 5) is 0. The number of hydrogen-bond donors (Lipinski definition) is 1. The van der Waals surface area contributed by atoms with Gasteiger partial charge in [0.2, 0.25) is 0 Å². The monoisotopic (exact) mass is 248 g/mol. The summed E-state index contributed by atoms with van der Waals surface area (Å²) in [6.45, 7) is 1.79. The van der Waals surface area contributed by atoms with Crippen LogP contribution in [0.3, 0.4) is 0 Å². The van der Waals surface area contributed by atoms with Crippen molar-refractivity contribution in [3.8, 4) is 0 Å². The predicted molar refractivity (Wildman–Crippen MR) is 62.4 cm³/mol. The first-order valence-corrected chi connectivity index (χ1v) is 6.12. The Kier molecular flexibility index (Phi) is 3.59. The molecular formula is C9H13ClN2O2S. The van der Waals surface area contributed by atoms with Crippen LogP contribution in [0.5, 0.6) is 0 Å². The van der Waals surface area contributed by atoms with Crippen molar-refractivity contribution < 1.29 is 8.42 Å². The van der Waals surface area contributed by atoms with Crippen molar-refractivity contribution in [2.75, 3.05) is 18.8 Å². The van der Waals surface area contributed by atoms with Crippen LogP contribution in [0.4, 0.5) is 5.69 Å². The molecular weight excluding hydrogens is 236 g/mol. The van der Waals surface area contributed by atoms with E-state index in [0.717, 1.165) is 9.87 Å². The lowest BCUT2D eigenvalue weighted by molar-refractivity contribution is 0.527. The molecule has 15 heavy (non-hydrogen) atoms. The largest absolute Gasteiger partial charge is 0.301 e. The number of hydrogen-bond acceptors (Lipinski definition) is 2. The van der Waals surface area contributed by atoms with Crippen molar-refractivity contribution >= 4 is 27.5 Å². The number of benzene rings is 1. The van der Waals surface area contributed by atoms with Crippen molar-refractivity contribution in [1.82, 2.24) is 4.31 Å². The molecule has 0 spiro atoms. The molecule has 0 saturated heterocycles. The third-order valence-corrected chi connectivity index (χ3v) is 3.67. The van der Waals surface area contributed by atoms with E-state index >= 15 is 0 Å². The normalized spacial score (nSPS) is 11.8. The number of anilines is 1. The van der Waals surface area contributed by atoms with Gasteiger partial charge < -0.3 is 0 Å². The fourth-order valence-corrected chi connectivity index (χ4v) is 2.02. The van der Waals surface area contributed by atoms with Gasteiger partial charge in [-0.3, -0.25) is 4.72 Å². The Bertz CT molecular complexity index is 437. The van der Waals surface area contributed by atoms with Gasteiger partial charge in [-0.15, -0.1) is 0 Å². The van der Waals surface area contributed by atoms with Crippen LogP contribution < -0.4 is 4.72 Å². The maximum Gasteiger partial charge on any atom is 0.301 e. The van der Waals surface area contributed by atoms with Crippen LogP contribution in [0.2, 0.25) is 5.02 Å². The van der Waals surface area contributed by atoms with Crippen molar-refractivity contribution in [2.45, 2.75) is 6.92 Å². The zero-order chi connectivity index (χ0) is 11.6. The van der Waals surface area contributed by atoms with Crippen LogP contribution in [0, 0.1) is 6.92 Å². The fraction of sp³-hybridized carbons (Fsp3) is 0.333. The summed E-state index contributed by atoms with van der Waals surface area (Å²) in [5, 5.41) is 0.389. The molecule has 0 unspecified atom stereocenters. The Morgan fingerprint density at radius 3 is 2.40 bits per heavy atom. The molecule has 0 aliphatic carbocycles. The molecule has 0 heterocycles. The molecule has 0 bridgehead atoms. The molecule has 4 nitrogen and oxygen atoms in total. The van der Waals surface area contributed by atoms with E-state index in [0.29, 0.717) is 10.7 Å². The van der Waals surface area contributed by atoms with Gasteiger partial charge in [-0.25, -0.2) is 0 Å². The number of halogens is 1. The highest BCUT2D eigenvalue weighted by atomic mass is 35.5. The van der Waals surface area contributed by atoms with Gasteiger partial charge in [-0.2, -0.15) is 12.7 Å². The lowest BCUT2D eigenvalue weighted by Crippen LogP contribution is -2.29. The zero-order valence-electron chi connectivity index (χ0n) is 8.78. The summed E-state index contributed by atoms with van der Waals surface area (Å²) < 4.78 is 26.6. The maximum absolute atomic E-state index is 11.6. The Hall–Kier alpha value is -0.780. The lowest BCUT2D eigenvalue weighted by atomic mass is 10.2. The molecule has 0 atom stereocenters. The molecule has 0 aliphatic rings. The van der Waals surface area contributed by atoms with Crippen LogP contribution >= 0.6 is 11.6 Å². The summed E-state index contributed by atoms with van der Waals surface area (Å²) in [5.41, 5.74) is 1.21. The van der Waals surface area contributed by atoms with Gasteiger partial charge in [-0.05, 0) is 18.6 Å². The van der Waals surface area contributed by atoms with Crippen molar-refractivity contribution in [3.63, 3.8) is 0 Å². The van der Waals surface area contributed by atoms with E-state index in [-0.39, 0.29) is 0 Å². The van der Waals surface area contributed by atoms with Crippen LogP contribution in [0.1, 0.15) is 5.56 Å². The first-order chi connectivity index (χ1) is 6.84. The van der Waals surface area contributed by atoms with Crippen LogP contribution in [-0.2, 0) is 10.2 Å². The summed E-state index contributed by atoms with van der Waals surface area (Å²) in [6, 6.07) is 5.20. The summed E-state index contributed by atoms with van der Waals surface area (Å²) >= 11 is 5.89.